The van der Waals surface area contributed by atoms with E-state index in [0.29, 0.717) is 12.0 Å². The van der Waals surface area contributed by atoms with Crippen molar-refractivity contribution < 1.29 is 4.74 Å². The van der Waals surface area contributed by atoms with Gasteiger partial charge < -0.3 is 20.3 Å². The van der Waals surface area contributed by atoms with Crippen molar-refractivity contribution in [3.63, 3.8) is 0 Å². The van der Waals surface area contributed by atoms with E-state index in [2.05, 4.69) is 88.1 Å². The van der Waals surface area contributed by atoms with E-state index < -0.39 is 0 Å². The smallest absolute Gasteiger partial charge is 0.193 e. The molecule has 5 heteroatoms. The molecule has 0 spiro atoms. The summed E-state index contributed by atoms with van der Waals surface area (Å²) in [6.45, 7) is 6.87. The second-order valence-electron chi connectivity index (χ2n) is 9.36. The summed E-state index contributed by atoms with van der Waals surface area (Å²) in [6, 6.07) is 21.9. The van der Waals surface area contributed by atoms with E-state index in [4.69, 9.17) is 4.74 Å². The van der Waals surface area contributed by atoms with Gasteiger partial charge >= 0.3 is 0 Å². The predicted octanol–water partition coefficient (Wildman–Crippen LogP) is 4.03. The molecule has 4 rings (SSSR count). The minimum absolute atomic E-state index is 0.00656. The third kappa shape index (κ3) is 5.90. The zero-order valence-corrected chi connectivity index (χ0v) is 19.6. The van der Waals surface area contributed by atoms with Crippen molar-refractivity contribution in [3.05, 3.63) is 71.8 Å². The van der Waals surface area contributed by atoms with Crippen molar-refractivity contribution >= 4 is 5.96 Å². The molecule has 0 saturated carbocycles. The Kier molecular flexibility index (Phi) is 7.82. The van der Waals surface area contributed by atoms with E-state index in [0.717, 1.165) is 58.1 Å². The van der Waals surface area contributed by atoms with E-state index in [1.807, 2.05) is 7.05 Å². The van der Waals surface area contributed by atoms with Crippen molar-refractivity contribution in [2.24, 2.45) is 10.9 Å². The number of nitrogens with one attached hydrogen (secondary N) is 2. The summed E-state index contributed by atoms with van der Waals surface area (Å²) in [7, 11) is 1.91. The molecule has 0 radical (unpaired) electrons. The van der Waals surface area contributed by atoms with E-state index in [1.165, 1.54) is 17.5 Å². The molecule has 2 aromatic rings. The zero-order valence-electron chi connectivity index (χ0n) is 19.6. The monoisotopic (exact) mass is 434 g/mol. The van der Waals surface area contributed by atoms with Gasteiger partial charge in [-0.1, -0.05) is 60.7 Å². The molecular formula is C27H38N4O. The normalized spacial score (nSPS) is 22.0. The van der Waals surface area contributed by atoms with E-state index in [9.17, 15) is 0 Å². The highest BCUT2D eigenvalue weighted by Crippen LogP contribution is 2.26. The van der Waals surface area contributed by atoms with Crippen LogP contribution in [0.4, 0.5) is 0 Å². The molecule has 2 unspecified atom stereocenters. The van der Waals surface area contributed by atoms with Crippen LogP contribution in [0.15, 0.2) is 65.7 Å². The molecule has 2 atom stereocenters. The third-order valence-corrected chi connectivity index (χ3v) is 7.02. The quantitative estimate of drug-likeness (QED) is 0.510. The summed E-state index contributed by atoms with van der Waals surface area (Å²) in [4.78, 5) is 7.07. The molecule has 0 bridgehead atoms. The Balaban J connectivity index is 1.35. The highest BCUT2D eigenvalue weighted by molar-refractivity contribution is 5.80. The fraction of sp³-hybridized carbons (Fsp3) is 0.519. The Labute approximate surface area is 193 Å². The van der Waals surface area contributed by atoms with Crippen LogP contribution < -0.4 is 10.6 Å². The number of guanidine groups is 1. The van der Waals surface area contributed by atoms with Gasteiger partial charge in [-0.2, -0.15) is 0 Å². The van der Waals surface area contributed by atoms with E-state index in [-0.39, 0.29) is 5.54 Å². The summed E-state index contributed by atoms with van der Waals surface area (Å²) in [5.41, 5.74) is 2.76. The number of hydrogen-bond acceptors (Lipinski definition) is 3. The molecule has 5 nitrogen and oxygen atoms in total. The second kappa shape index (κ2) is 11.0. The number of hydrogen-bond donors (Lipinski definition) is 2. The van der Waals surface area contributed by atoms with Crippen LogP contribution in [0.2, 0.25) is 0 Å². The highest BCUT2D eigenvalue weighted by atomic mass is 16.5. The first-order chi connectivity index (χ1) is 15.7. The minimum atomic E-state index is 0.00656. The molecule has 0 aliphatic carbocycles. The Morgan fingerprint density at radius 1 is 1.09 bits per heavy atom. The summed E-state index contributed by atoms with van der Waals surface area (Å²) >= 11 is 0. The lowest BCUT2D eigenvalue weighted by Gasteiger charge is -2.41. The summed E-state index contributed by atoms with van der Waals surface area (Å²) in [5.74, 6) is 1.71. The van der Waals surface area contributed by atoms with Gasteiger partial charge in [0.2, 0.25) is 0 Å². The molecular weight excluding hydrogens is 396 g/mol. The lowest BCUT2D eigenvalue weighted by Crippen LogP contribution is -2.58. The number of ether oxygens (including phenoxy) is 1. The SMILES string of the molecule is CN=C(NCC1(NC(C)c2ccccc2)CCOCC1)N1CCC(Cc2ccccc2)C1. The van der Waals surface area contributed by atoms with Gasteiger partial charge in [0.15, 0.2) is 5.96 Å². The van der Waals surface area contributed by atoms with Crippen LogP contribution in [0.1, 0.15) is 43.4 Å². The Morgan fingerprint density at radius 3 is 2.47 bits per heavy atom. The molecule has 172 valence electrons. The van der Waals surface area contributed by atoms with Crippen LogP contribution in [0.3, 0.4) is 0 Å². The first kappa shape index (κ1) is 22.8. The van der Waals surface area contributed by atoms with Crippen LogP contribution in [0, 0.1) is 5.92 Å². The summed E-state index contributed by atoms with van der Waals surface area (Å²) in [6.07, 6.45) is 4.37. The molecule has 2 saturated heterocycles. The lowest BCUT2D eigenvalue weighted by molar-refractivity contribution is 0.0353. The largest absolute Gasteiger partial charge is 0.381 e. The summed E-state index contributed by atoms with van der Waals surface area (Å²) in [5, 5.41) is 7.67. The highest BCUT2D eigenvalue weighted by Gasteiger charge is 2.35. The molecule has 2 aliphatic rings. The average Bonchev–Trinajstić information content (AvgIpc) is 3.29. The molecule has 2 aromatic carbocycles. The van der Waals surface area contributed by atoms with Crippen LogP contribution in [-0.4, -0.2) is 56.3 Å². The van der Waals surface area contributed by atoms with Gasteiger partial charge in [-0.25, -0.2) is 0 Å². The van der Waals surface area contributed by atoms with Gasteiger partial charge in [0, 0.05) is 51.5 Å². The Hall–Kier alpha value is -2.37. The number of nitrogens with zero attached hydrogens (tertiary/aromatic N) is 2. The maximum Gasteiger partial charge on any atom is 0.193 e. The van der Waals surface area contributed by atoms with Gasteiger partial charge in [-0.3, -0.25) is 4.99 Å². The second-order valence-corrected chi connectivity index (χ2v) is 9.36. The van der Waals surface area contributed by atoms with Gasteiger partial charge in [-0.15, -0.1) is 0 Å². The van der Waals surface area contributed by atoms with Crippen molar-refractivity contribution in [1.82, 2.24) is 15.5 Å². The number of benzene rings is 2. The van der Waals surface area contributed by atoms with Gasteiger partial charge in [-0.05, 0) is 49.7 Å². The molecule has 0 aromatic heterocycles. The number of rotatable bonds is 7. The Bertz CT molecular complexity index is 848. The van der Waals surface area contributed by atoms with Crippen molar-refractivity contribution in [2.75, 3.05) is 39.9 Å². The maximum absolute atomic E-state index is 5.71. The molecule has 2 heterocycles. The minimum Gasteiger partial charge on any atom is -0.381 e. The van der Waals surface area contributed by atoms with E-state index >= 15 is 0 Å². The molecule has 2 N–H and O–H groups in total. The third-order valence-electron chi connectivity index (χ3n) is 7.02. The van der Waals surface area contributed by atoms with E-state index in [1.54, 1.807) is 0 Å². The summed E-state index contributed by atoms with van der Waals surface area (Å²) < 4.78 is 5.71. The van der Waals surface area contributed by atoms with Crippen LogP contribution in [0.25, 0.3) is 0 Å². The first-order valence-electron chi connectivity index (χ1n) is 12.1. The first-order valence-corrected chi connectivity index (χ1v) is 12.1. The van der Waals surface area contributed by atoms with Crippen molar-refractivity contribution in [3.8, 4) is 0 Å². The molecule has 32 heavy (non-hydrogen) atoms. The predicted molar refractivity (Wildman–Crippen MR) is 132 cm³/mol. The van der Waals surface area contributed by atoms with Crippen molar-refractivity contribution in [2.45, 2.75) is 44.2 Å². The van der Waals surface area contributed by atoms with Gasteiger partial charge in [0.1, 0.15) is 0 Å². The number of aliphatic imine (C=N–C) groups is 1. The lowest BCUT2D eigenvalue weighted by atomic mass is 9.88. The van der Waals surface area contributed by atoms with Gasteiger partial charge in [0.05, 0.1) is 0 Å². The standard InChI is InChI=1S/C27H38N4O/c1-22(25-11-7-4-8-12-25)30-27(14-17-32-18-15-27)21-29-26(28-2)31-16-13-24(20-31)19-23-9-5-3-6-10-23/h3-12,22,24,30H,13-21H2,1-2H3,(H,28,29). The van der Waals surface area contributed by atoms with Crippen LogP contribution in [0.5, 0.6) is 0 Å². The van der Waals surface area contributed by atoms with Crippen LogP contribution in [-0.2, 0) is 11.2 Å². The maximum atomic E-state index is 5.71. The van der Waals surface area contributed by atoms with Gasteiger partial charge in [0.25, 0.3) is 0 Å². The molecule has 2 fully saturated rings. The fourth-order valence-electron chi connectivity index (χ4n) is 5.14. The zero-order chi connectivity index (χ0) is 22.2. The average molecular weight is 435 g/mol. The van der Waals surface area contributed by atoms with Crippen LogP contribution >= 0.6 is 0 Å². The molecule has 2 aliphatic heterocycles. The molecule has 0 amide bonds. The fourth-order valence-corrected chi connectivity index (χ4v) is 5.14. The Morgan fingerprint density at radius 2 is 1.78 bits per heavy atom. The number of likely N-dealkylation sites (tertiary alicyclic amines) is 1. The topological polar surface area (TPSA) is 48.9 Å². The van der Waals surface area contributed by atoms with Crippen molar-refractivity contribution in [1.29, 1.82) is 0 Å².